The molecular weight excluding hydrogens is 230 g/mol. The van der Waals surface area contributed by atoms with Crippen LogP contribution in [0.4, 0.5) is 0 Å². The van der Waals surface area contributed by atoms with Crippen LogP contribution in [-0.4, -0.2) is 50.8 Å². The minimum atomic E-state index is -0.0146. The highest BCUT2D eigenvalue weighted by molar-refractivity contribution is 5.76. The summed E-state index contributed by atoms with van der Waals surface area (Å²) in [5.41, 5.74) is 0. The van der Waals surface area contributed by atoms with E-state index in [1.54, 1.807) is 14.2 Å². The SMILES string of the molecule is CC.CCN(CC(C)COC)C(=O)CC(C)OC. The summed E-state index contributed by atoms with van der Waals surface area (Å²) in [4.78, 5) is 13.7. The van der Waals surface area contributed by atoms with Gasteiger partial charge in [-0.25, -0.2) is 0 Å². The van der Waals surface area contributed by atoms with Crippen molar-refractivity contribution in [2.75, 3.05) is 33.9 Å². The highest BCUT2D eigenvalue weighted by atomic mass is 16.5. The Hall–Kier alpha value is -0.610. The Morgan fingerprint density at radius 2 is 1.78 bits per heavy atom. The first-order chi connectivity index (χ1) is 8.54. The average molecular weight is 261 g/mol. The van der Waals surface area contributed by atoms with Gasteiger partial charge in [0.1, 0.15) is 0 Å². The van der Waals surface area contributed by atoms with Gasteiger partial charge < -0.3 is 14.4 Å². The molecule has 0 rings (SSSR count). The van der Waals surface area contributed by atoms with Crippen molar-refractivity contribution in [3.8, 4) is 0 Å². The lowest BCUT2D eigenvalue weighted by atomic mass is 10.1. The van der Waals surface area contributed by atoms with Gasteiger partial charge in [-0.3, -0.25) is 4.79 Å². The Kier molecular flexibility index (Phi) is 14.1. The lowest BCUT2D eigenvalue weighted by Crippen LogP contribution is -2.37. The first-order valence-electron chi connectivity index (χ1n) is 6.84. The largest absolute Gasteiger partial charge is 0.384 e. The molecule has 4 heteroatoms. The van der Waals surface area contributed by atoms with E-state index in [4.69, 9.17) is 9.47 Å². The molecule has 0 aromatic heterocycles. The third-order valence-electron chi connectivity index (χ3n) is 2.58. The molecule has 0 aromatic carbocycles. The number of carbonyl (C=O) groups is 1. The highest BCUT2D eigenvalue weighted by Crippen LogP contribution is 2.05. The molecule has 110 valence electrons. The van der Waals surface area contributed by atoms with E-state index in [1.165, 1.54) is 0 Å². The molecule has 0 fully saturated rings. The zero-order valence-electron chi connectivity index (χ0n) is 13.2. The van der Waals surface area contributed by atoms with E-state index in [2.05, 4.69) is 6.92 Å². The van der Waals surface area contributed by atoms with Gasteiger partial charge >= 0.3 is 0 Å². The molecule has 0 aliphatic rings. The minimum Gasteiger partial charge on any atom is -0.384 e. The van der Waals surface area contributed by atoms with Gasteiger partial charge in [-0.1, -0.05) is 20.8 Å². The highest BCUT2D eigenvalue weighted by Gasteiger charge is 2.17. The third kappa shape index (κ3) is 9.42. The summed E-state index contributed by atoms with van der Waals surface area (Å²) < 4.78 is 10.2. The van der Waals surface area contributed by atoms with Crippen molar-refractivity contribution >= 4 is 5.91 Å². The lowest BCUT2D eigenvalue weighted by Gasteiger charge is -2.25. The van der Waals surface area contributed by atoms with Crippen molar-refractivity contribution in [2.45, 2.75) is 47.1 Å². The number of ether oxygens (including phenoxy) is 2. The quantitative estimate of drug-likeness (QED) is 0.674. The Bertz CT molecular complexity index is 197. The van der Waals surface area contributed by atoms with Gasteiger partial charge in [0.15, 0.2) is 0 Å². The predicted molar refractivity (Wildman–Crippen MR) is 75.7 cm³/mol. The number of hydrogen-bond acceptors (Lipinski definition) is 3. The molecule has 18 heavy (non-hydrogen) atoms. The Labute approximate surface area is 113 Å². The summed E-state index contributed by atoms with van der Waals surface area (Å²) in [7, 11) is 3.31. The monoisotopic (exact) mass is 261 g/mol. The standard InChI is InChI=1S/C12H25NO3.C2H6/c1-6-13(8-10(2)9-15-4)12(14)7-11(3)16-5;1-2/h10-11H,6-9H2,1-5H3;1-2H3. The third-order valence-corrected chi connectivity index (χ3v) is 2.58. The second-order valence-corrected chi connectivity index (χ2v) is 4.24. The van der Waals surface area contributed by atoms with Crippen molar-refractivity contribution in [1.29, 1.82) is 0 Å². The zero-order chi connectivity index (χ0) is 14.6. The van der Waals surface area contributed by atoms with Crippen molar-refractivity contribution in [2.24, 2.45) is 5.92 Å². The number of nitrogens with zero attached hydrogens (tertiary/aromatic N) is 1. The number of rotatable bonds is 8. The van der Waals surface area contributed by atoms with Gasteiger partial charge in [-0.05, 0) is 19.8 Å². The van der Waals surface area contributed by atoms with E-state index >= 15 is 0 Å². The second kappa shape index (κ2) is 12.8. The molecule has 0 bridgehead atoms. The Balaban J connectivity index is 0. The molecule has 0 saturated carbocycles. The topological polar surface area (TPSA) is 38.8 Å². The molecule has 4 nitrogen and oxygen atoms in total. The van der Waals surface area contributed by atoms with Gasteiger partial charge in [0, 0.05) is 27.3 Å². The van der Waals surface area contributed by atoms with E-state index in [9.17, 15) is 4.79 Å². The summed E-state index contributed by atoms with van der Waals surface area (Å²) in [6.07, 6.45) is 0.434. The van der Waals surface area contributed by atoms with Gasteiger partial charge in [-0.15, -0.1) is 0 Å². The van der Waals surface area contributed by atoms with Gasteiger partial charge in [0.2, 0.25) is 5.91 Å². The summed E-state index contributed by atoms with van der Waals surface area (Å²) in [5, 5.41) is 0. The molecule has 0 aliphatic carbocycles. The normalized spacial score (nSPS) is 13.3. The Morgan fingerprint density at radius 1 is 1.22 bits per heavy atom. The second-order valence-electron chi connectivity index (χ2n) is 4.24. The van der Waals surface area contributed by atoms with Gasteiger partial charge in [0.05, 0.1) is 19.1 Å². The molecule has 2 atom stereocenters. The maximum Gasteiger partial charge on any atom is 0.225 e. The predicted octanol–water partition coefficient (Wildman–Crippen LogP) is 2.57. The van der Waals surface area contributed by atoms with Crippen LogP contribution >= 0.6 is 0 Å². The number of methoxy groups -OCH3 is 2. The molecule has 0 radical (unpaired) electrons. The number of carbonyl (C=O) groups excluding carboxylic acids is 1. The van der Waals surface area contributed by atoms with Crippen LogP contribution in [0, 0.1) is 5.92 Å². The van der Waals surface area contributed by atoms with Crippen molar-refractivity contribution < 1.29 is 14.3 Å². The van der Waals surface area contributed by atoms with Gasteiger partial charge in [0.25, 0.3) is 0 Å². The first-order valence-corrected chi connectivity index (χ1v) is 6.84. The van der Waals surface area contributed by atoms with Crippen LogP contribution < -0.4 is 0 Å². The molecule has 0 saturated heterocycles. The molecule has 1 amide bonds. The van der Waals surface area contributed by atoms with Crippen LogP contribution in [0.3, 0.4) is 0 Å². The fourth-order valence-electron chi connectivity index (χ4n) is 1.58. The lowest BCUT2D eigenvalue weighted by molar-refractivity contribution is -0.134. The molecule has 2 unspecified atom stereocenters. The van der Waals surface area contributed by atoms with Crippen molar-refractivity contribution in [3.63, 3.8) is 0 Å². The molecule has 0 aromatic rings. The Morgan fingerprint density at radius 3 is 2.17 bits per heavy atom. The van der Waals surface area contributed by atoms with Crippen molar-refractivity contribution in [1.82, 2.24) is 4.90 Å². The minimum absolute atomic E-state index is 0.0146. The fraction of sp³-hybridized carbons (Fsp3) is 0.929. The molecule has 0 aliphatic heterocycles. The first kappa shape index (κ1) is 19.7. The smallest absolute Gasteiger partial charge is 0.225 e. The molecule has 0 heterocycles. The summed E-state index contributed by atoms with van der Waals surface area (Å²) in [5.74, 6) is 0.520. The number of hydrogen-bond donors (Lipinski definition) is 0. The van der Waals surface area contributed by atoms with E-state index in [1.807, 2.05) is 32.6 Å². The van der Waals surface area contributed by atoms with Crippen LogP contribution in [0.15, 0.2) is 0 Å². The van der Waals surface area contributed by atoms with Crippen LogP contribution in [0.1, 0.15) is 41.0 Å². The fourth-order valence-corrected chi connectivity index (χ4v) is 1.58. The van der Waals surface area contributed by atoms with E-state index in [0.717, 1.165) is 13.1 Å². The summed E-state index contributed by atoms with van der Waals surface area (Å²) >= 11 is 0. The van der Waals surface area contributed by atoms with E-state index < -0.39 is 0 Å². The number of amides is 1. The van der Waals surface area contributed by atoms with Crippen LogP contribution in [0.2, 0.25) is 0 Å². The molecule has 0 N–H and O–H groups in total. The average Bonchev–Trinajstić information content (AvgIpc) is 2.38. The van der Waals surface area contributed by atoms with Crippen LogP contribution in [0.5, 0.6) is 0 Å². The van der Waals surface area contributed by atoms with Gasteiger partial charge in [-0.2, -0.15) is 0 Å². The summed E-state index contributed by atoms with van der Waals surface area (Å²) in [6.45, 7) is 12.2. The van der Waals surface area contributed by atoms with Crippen LogP contribution in [0.25, 0.3) is 0 Å². The van der Waals surface area contributed by atoms with E-state index in [-0.39, 0.29) is 12.0 Å². The molecule has 0 spiro atoms. The summed E-state index contributed by atoms with van der Waals surface area (Å²) in [6, 6.07) is 0. The van der Waals surface area contributed by atoms with Crippen molar-refractivity contribution in [3.05, 3.63) is 0 Å². The zero-order valence-corrected chi connectivity index (χ0v) is 13.2. The van der Waals surface area contributed by atoms with E-state index in [0.29, 0.717) is 18.9 Å². The molecular formula is C14H31NO3. The van der Waals surface area contributed by atoms with Crippen LogP contribution in [-0.2, 0) is 14.3 Å². The maximum atomic E-state index is 11.9. The maximum absolute atomic E-state index is 11.9.